The van der Waals surface area contributed by atoms with Crippen LogP contribution < -0.4 is 5.32 Å². The summed E-state index contributed by atoms with van der Waals surface area (Å²) < 4.78 is 32.1. The molecule has 0 radical (unpaired) electrons. The minimum absolute atomic E-state index is 0.0285. The third-order valence-electron chi connectivity index (χ3n) is 4.08. The Kier molecular flexibility index (Phi) is 5.85. The number of benzene rings is 1. The largest absolute Gasteiger partial charge is 0.394 e. The van der Waals surface area contributed by atoms with Gasteiger partial charge in [0.1, 0.15) is 11.6 Å². The number of hydrogen-bond donors (Lipinski definition) is 2. The second-order valence-corrected chi connectivity index (χ2v) is 5.51. The Bertz CT molecular complexity index is 518. The normalized spacial score (nSPS) is 16.1. The maximum Gasteiger partial charge on any atom is 0.230 e. The predicted molar refractivity (Wildman–Crippen MR) is 77.4 cm³/mol. The van der Waals surface area contributed by atoms with Gasteiger partial charge in [0.2, 0.25) is 5.91 Å². The Hall–Kier alpha value is -1.53. The average Bonchev–Trinajstić information content (AvgIpc) is 2.43. The fourth-order valence-corrected chi connectivity index (χ4v) is 2.74. The van der Waals surface area contributed by atoms with Crippen LogP contribution in [0.4, 0.5) is 8.78 Å². The number of carbonyl (C=O) groups excluding carboxylic acids is 1. The van der Waals surface area contributed by atoms with Gasteiger partial charge in [0.25, 0.3) is 0 Å². The molecule has 2 N–H and O–H groups in total. The highest BCUT2D eigenvalue weighted by molar-refractivity contribution is 5.89. The third kappa shape index (κ3) is 3.62. The van der Waals surface area contributed by atoms with Crippen molar-refractivity contribution in [2.75, 3.05) is 26.4 Å². The van der Waals surface area contributed by atoms with Crippen molar-refractivity contribution in [2.45, 2.75) is 31.1 Å². The van der Waals surface area contributed by atoms with E-state index in [1.54, 1.807) is 0 Å². The first kappa shape index (κ1) is 16.8. The van der Waals surface area contributed by atoms with E-state index in [4.69, 9.17) is 9.84 Å². The van der Waals surface area contributed by atoms with Crippen molar-refractivity contribution < 1.29 is 23.4 Å². The quantitative estimate of drug-likeness (QED) is 0.721. The molecule has 122 valence electrons. The van der Waals surface area contributed by atoms with Crippen molar-refractivity contribution >= 4 is 5.91 Å². The smallest absolute Gasteiger partial charge is 0.230 e. The topological polar surface area (TPSA) is 58.6 Å². The maximum absolute atomic E-state index is 14.0. The molecule has 1 aromatic carbocycles. The Balaban J connectivity index is 1.93. The molecule has 0 bridgehead atoms. The first-order valence-corrected chi connectivity index (χ1v) is 7.52. The number of aliphatic hydroxyl groups excluding tert-OH is 1. The molecule has 0 saturated heterocycles. The van der Waals surface area contributed by atoms with Gasteiger partial charge < -0.3 is 15.2 Å². The third-order valence-corrected chi connectivity index (χ3v) is 4.08. The zero-order valence-electron chi connectivity index (χ0n) is 12.4. The summed E-state index contributed by atoms with van der Waals surface area (Å²) in [6.07, 6.45) is 2.61. The average molecular weight is 313 g/mol. The molecule has 22 heavy (non-hydrogen) atoms. The van der Waals surface area contributed by atoms with E-state index >= 15 is 0 Å². The fraction of sp³-hybridized carbons (Fsp3) is 0.562. The van der Waals surface area contributed by atoms with Gasteiger partial charge in [-0.25, -0.2) is 8.78 Å². The van der Waals surface area contributed by atoms with Gasteiger partial charge in [-0.15, -0.1) is 0 Å². The van der Waals surface area contributed by atoms with Crippen LogP contribution in [0.15, 0.2) is 18.2 Å². The van der Waals surface area contributed by atoms with E-state index in [-0.39, 0.29) is 24.7 Å². The molecule has 0 heterocycles. The molecular formula is C16H21F2NO3. The zero-order valence-corrected chi connectivity index (χ0v) is 12.4. The van der Waals surface area contributed by atoms with Gasteiger partial charge in [-0.05, 0) is 25.3 Å². The van der Waals surface area contributed by atoms with Crippen LogP contribution in [0.3, 0.4) is 0 Å². The van der Waals surface area contributed by atoms with Crippen LogP contribution in [0.25, 0.3) is 0 Å². The minimum Gasteiger partial charge on any atom is -0.394 e. The van der Waals surface area contributed by atoms with E-state index in [0.717, 1.165) is 12.5 Å². The number of ether oxygens (including phenoxy) is 1. The molecule has 1 aliphatic rings. The van der Waals surface area contributed by atoms with Crippen LogP contribution >= 0.6 is 0 Å². The fourth-order valence-electron chi connectivity index (χ4n) is 2.74. The summed E-state index contributed by atoms with van der Waals surface area (Å²) in [7, 11) is 0. The summed E-state index contributed by atoms with van der Waals surface area (Å²) in [6, 6.07) is 3.38. The van der Waals surface area contributed by atoms with E-state index in [9.17, 15) is 13.6 Å². The van der Waals surface area contributed by atoms with E-state index in [1.807, 2.05) is 0 Å². The standard InChI is InChI=1S/C16H21F2NO3/c17-12-3-4-13(14(18)11-12)16(5-1-6-16)15(21)19-7-2-9-22-10-8-20/h3-4,11,20H,1-2,5-10H2,(H,19,21). The van der Waals surface area contributed by atoms with Gasteiger partial charge in [0.05, 0.1) is 18.6 Å². The molecule has 1 aliphatic carbocycles. The highest BCUT2D eigenvalue weighted by Crippen LogP contribution is 2.45. The molecule has 4 nitrogen and oxygen atoms in total. The lowest BCUT2D eigenvalue weighted by atomic mass is 9.63. The van der Waals surface area contributed by atoms with Crippen LogP contribution in [-0.4, -0.2) is 37.4 Å². The van der Waals surface area contributed by atoms with Crippen molar-refractivity contribution in [3.8, 4) is 0 Å². The molecule has 1 amide bonds. The maximum atomic E-state index is 14.0. The lowest BCUT2D eigenvalue weighted by molar-refractivity contribution is -0.130. The van der Waals surface area contributed by atoms with Crippen LogP contribution in [0, 0.1) is 11.6 Å². The Morgan fingerprint density at radius 3 is 2.68 bits per heavy atom. The molecule has 2 rings (SSSR count). The molecule has 6 heteroatoms. The van der Waals surface area contributed by atoms with Crippen LogP contribution in [-0.2, 0) is 14.9 Å². The highest BCUT2D eigenvalue weighted by atomic mass is 19.1. The summed E-state index contributed by atoms with van der Waals surface area (Å²) in [5.74, 6) is -1.52. The zero-order chi connectivity index (χ0) is 16.0. The molecule has 0 atom stereocenters. The molecule has 1 aromatic rings. The van der Waals surface area contributed by atoms with Crippen molar-refractivity contribution in [2.24, 2.45) is 0 Å². The van der Waals surface area contributed by atoms with Crippen molar-refractivity contribution in [1.82, 2.24) is 5.32 Å². The summed E-state index contributed by atoms with van der Waals surface area (Å²) >= 11 is 0. The van der Waals surface area contributed by atoms with Gasteiger partial charge in [-0.2, -0.15) is 0 Å². The number of hydrogen-bond acceptors (Lipinski definition) is 3. The van der Waals surface area contributed by atoms with Gasteiger partial charge in [-0.1, -0.05) is 12.5 Å². The molecular weight excluding hydrogens is 292 g/mol. The number of nitrogens with one attached hydrogen (secondary N) is 1. The van der Waals surface area contributed by atoms with E-state index < -0.39 is 17.0 Å². The molecule has 0 aromatic heterocycles. The molecule has 1 saturated carbocycles. The second-order valence-electron chi connectivity index (χ2n) is 5.51. The van der Waals surface area contributed by atoms with Crippen LogP contribution in [0.1, 0.15) is 31.2 Å². The first-order chi connectivity index (χ1) is 10.6. The summed E-state index contributed by atoms with van der Waals surface area (Å²) in [4.78, 5) is 12.4. The van der Waals surface area contributed by atoms with Crippen molar-refractivity contribution in [3.05, 3.63) is 35.4 Å². The van der Waals surface area contributed by atoms with E-state index in [1.165, 1.54) is 12.1 Å². The van der Waals surface area contributed by atoms with Gasteiger partial charge in [0, 0.05) is 24.8 Å². The van der Waals surface area contributed by atoms with Gasteiger partial charge >= 0.3 is 0 Å². The number of halogens is 2. The van der Waals surface area contributed by atoms with Gasteiger partial charge in [0.15, 0.2) is 0 Å². The molecule has 0 unspecified atom stereocenters. The second kappa shape index (κ2) is 7.65. The number of rotatable bonds is 8. The SMILES string of the molecule is O=C(NCCCOCCO)C1(c2ccc(F)cc2F)CCC1. The molecule has 1 fully saturated rings. The highest BCUT2D eigenvalue weighted by Gasteiger charge is 2.47. The molecule has 0 aliphatic heterocycles. The lowest BCUT2D eigenvalue weighted by Gasteiger charge is -2.40. The molecule has 0 spiro atoms. The number of amides is 1. The van der Waals surface area contributed by atoms with E-state index in [0.29, 0.717) is 32.4 Å². The lowest BCUT2D eigenvalue weighted by Crippen LogP contribution is -2.50. The van der Waals surface area contributed by atoms with Crippen LogP contribution in [0.5, 0.6) is 0 Å². The van der Waals surface area contributed by atoms with Crippen LogP contribution in [0.2, 0.25) is 0 Å². The van der Waals surface area contributed by atoms with Crippen molar-refractivity contribution in [1.29, 1.82) is 0 Å². The minimum atomic E-state index is -0.871. The predicted octanol–water partition coefficient (Wildman–Crippen LogP) is 1.90. The van der Waals surface area contributed by atoms with Crippen molar-refractivity contribution in [3.63, 3.8) is 0 Å². The Morgan fingerprint density at radius 1 is 1.32 bits per heavy atom. The Labute approximate surface area is 128 Å². The van der Waals surface area contributed by atoms with E-state index in [2.05, 4.69) is 5.32 Å². The van der Waals surface area contributed by atoms with Gasteiger partial charge in [-0.3, -0.25) is 4.79 Å². The number of carbonyl (C=O) groups is 1. The summed E-state index contributed by atoms with van der Waals surface area (Å²) in [5.41, 5.74) is -0.599. The number of aliphatic hydroxyl groups is 1. The first-order valence-electron chi connectivity index (χ1n) is 7.52. The Morgan fingerprint density at radius 2 is 2.09 bits per heavy atom. The monoisotopic (exact) mass is 313 g/mol. The summed E-state index contributed by atoms with van der Waals surface area (Å²) in [5, 5.41) is 11.4. The summed E-state index contributed by atoms with van der Waals surface area (Å²) in [6.45, 7) is 1.12.